The molecule has 31 heavy (non-hydrogen) atoms. The summed E-state index contributed by atoms with van der Waals surface area (Å²) in [4.78, 5) is 24.3. The smallest absolute Gasteiger partial charge is 0.276 e. The van der Waals surface area contributed by atoms with Gasteiger partial charge in [-0.2, -0.15) is 0 Å². The molecular weight excluding hydrogens is 408 g/mol. The SMILES string of the molecule is Cc1ccc(-n2nnc(C(=O)N3CCCC(C)C3)c2CSc2nc(C)cc(C)n2)cc1. The Morgan fingerprint density at radius 1 is 1.13 bits per heavy atom. The van der Waals surface area contributed by atoms with E-state index in [1.165, 1.54) is 17.3 Å². The van der Waals surface area contributed by atoms with E-state index in [0.29, 0.717) is 22.5 Å². The Morgan fingerprint density at radius 3 is 2.52 bits per heavy atom. The summed E-state index contributed by atoms with van der Waals surface area (Å²) >= 11 is 1.50. The third-order valence-electron chi connectivity index (χ3n) is 5.49. The predicted octanol–water partition coefficient (Wildman–Crippen LogP) is 4.15. The van der Waals surface area contributed by atoms with Gasteiger partial charge < -0.3 is 4.90 Å². The number of rotatable bonds is 5. The highest BCUT2D eigenvalue weighted by Crippen LogP contribution is 2.26. The maximum absolute atomic E-state index is 13.4. The van der Waals surface area contributed by atoms with Crippen LogP contribution < -0.4 is 0 Å². The van der Waals surface area contributed by atoms with E-state index in [1.54, 1.807) is 4.68 Å². The van der Waals surface area contributed by atoms with Crippen LogP contribution in [0.4, 0.5) is 0 Å². The van der Waals surface area contributed by atoms with E-state index in [0.717, 1.165) is 48.7 Å². The van der Waals surface area contributed by atoms with Crippen molar-refractivity contribution in [3.05, 3.63) is 58.7 Å². The molecule has 0 aliphatic carbocycles. The molecule has 1 saturated heterocycles. The molecule has 0 spiro atoms. The topological polar surface area (TPSA) is 76.8 Å². The summed E-state index contributed by atoms with van der Waals surface area (Å²) < 4.78 is 1.77. The Balaban J connectivity index is 1.67. The van der Waals surface area contributed by atoms with Gasteiger partial charge in [-0.05, 0) is 57.7 Å². The van der Waals surface area contributed by atoms with Gasteiger partial charge >= 0.3 is 0 Å². The summed E-state index contributed by atoms with van der Waals surface area (Å²) in [5.74, 6) is 0.974. The largest absolute Gasteiger partial charge is 0.337 e. The second kappa shape index (κ2) is 9.18. The number of hydrogen-bond acceptors (Lipinski definition) is 6. The number of benzene rings is 1. The number of likely N-dealkylation sites (tertiary alicyclic amines) is 1. The number of nitrogens with zero attached hydrogens (tertiary/aromatic N) is 6. The number of amides is 1. The first-order valence-electron chi connectivity index (χ1n) is 10.7. The van der Waals surface area contributed by atoms with Crippen LogP contribution in [0.1, 0.15) is 52.9 Å². The third-order valence-corrected chi connectivity index (χ3v) is 6.35. The minimum Gasteiger partial charge on any atom is -0.337 e. The Bertz CT molecular complexity index is 1060. The quantitative estimate of drug-likeness (QED) is 0.442. The molecule has 8 heteroatoms. The lowest BCUT2D eigenvalue weighted by molar-refractivity contribution is 0.0676. The normalized spacial score (nSPS) is 16.5. The lowest BCUT2D eigenvalue weighted by Crippen LogP contribution is -2.39. The molecule has 0 radical (unpaired) electrons. The minimum atomic E-state index is -0.0400. The molecule has 1 fully saturated rings. The second-order valence-corrected chi connectivity index (χ2v) is 9.30. The van der Waals surface area contributed by atoms with Crippen molar-refractivity contribution in [2.45, 2.75) is 51.4 Å². The highest BCUT2D eigenvalue weighted by Gasteiger charge is 2.28. The average molecular weight is 437 g/mol. The van der Waals surface area contributed by atoms with Gasteiger partial charge in [0.1, 0.15) is 0 Å². The molecule has 0 bridgehead atoms. The molecule has 1 aromatic carbocycles. The van der Waals surface area contributed by atoms with E-state index in [9.17, 15) is 4.79 Å². The number of piperidine rings is 1. The lowest BCUT2D eigenvalue weighted by atomic mass is 10.00. The average Bonchev–Trinajstić information content (AvgIpc) is 3.15. The van der Waals surface area contributed by atoms with Crippen molar-refractivity contribution in [1.82, 2.24) is 29.9 Å². The van der Waals surface area contributed by atoms with Gasteiger partial charge in [0.25, 0.3) is 5.91 Å². The highest BCUT2D eigenvalue weighted by molar-refractivity contribution is 7.98. The summed E-state index contributed by atoms with van der Waals surface area (Å²) in [6.07, 6.45) is 2.19. The molecule has 1 atom stereocenters. The molecule has 2 aromatic heterocycles. The predicted molar refractivity (Wildman–Crippen MR) is 121 cm³/mol. The van der Waals surface area contributed by atoms with E-state index in [4.69, 9.17) is 0 Å². The zero-order valence-electron chi connectivity index (χ0n) is 18.5. The number of thioether (sulfide) groups is 1. The molecule has 162 valence electrons. The van der Waals surface area contributed by atoms with Crippen LogP contribution >= 0.6 is 11.8 Å². The lowest BCUT2D eigenvalue weighted by Gasteiger charge is -2.30. The van der Waals surface area contributed by atoms with Gasteiger partial charge in [-0.1, -0.05) is 41.6 Å². The van der Waals surface area contributed by atoms with Crippen molar-refractivity contribution in [3.63, 3.8) is 0 Å². The summed E-state index contributed by atoms with van der Waals surface area (Å²) in [5, 5.41) is 9.39. The first-order chi connectivity index (χ1) is 14.9. The van der Waals surface area contributed by atoms with Crippen molar-refractivity contribution in [1.29, 1.82) is 0 Å². The maximum atomic E-state index is 13.4. The van der Waals surface area contributed by atoms with Crippen molar-refractivity contribution >= 4 is 17.7 Å². The second-order valence-electron chi connectivity index (χ2n) is 8.35. The van der Waals surface area contributed by atoms with Crippen molar-refractivity contribution < 1.29 is 4.79 Å². The van der Waals surface area contributed by atoms with Gasteiger partial charge in [0.2, 0.25) is 0 Å². The zero-order chi connectivity index (χ0) is 22.0. The van der Waals surface area contributed by atoms with Gasteiger partial charge in [-0.15, -0.1) is 5.10 Å². The van der Waals surface area contributed by atoms with Crippen LogP contribution in [0.2, 0.25) is 0 Å². The van der Waals surface area contributed by atoms with Gasteiger partial charge in [0.05, 0.1) is 11.4 Å². The van der Waals surface area contributed by atoms with E-state index < -0.39 is 0 Å². The van der Waals surface area contributed by atoms with E-state index in [-0.39, 0.29) is 5.91 Å². The monoisotopic (exact) mass is 436 g/mol. The van der Waals surface area contributed by atoms with Crippen LogP contribution in [-0.2, 0) is 5.75 Å². The summed E-state index contributed by atoms with van der Waals surface area (Å²) in [6, 6.07) is 10.0. The molecule has 1 aliphatic rings. The van der Waals surface area contributed by atoms with Crippen LogP contribution in [0.25, 0.3) is 5.69 Å². The molecule has 0 N–H and O–H groups in total. The summed E-state index contributed by atoms with van der Waals surface area (Å²) in [7, 11) is 0. The van der Waals surface area contributed by atoms with Crippen LogP contribution in [0, 0.1) is 26.7 Å². The Morgan fingerprint density at radius 2 is 1.84 bits per heavy atom. The van der Waals surface area contributed by atoms with Gasteiger partial charge in [0, 0.05) is 30.2 Å². The van der Waals surface area contributed by atoms with Crippen LogP contribution in [0.15, 0.2) is 35.5 Å². The Kier molecular flexibility index (Phi) is 6.36. The van der Waals surface area contributed by atoms with Crippen LogP contribution in [-0.4, -0.2) is 48.9 Å². The van der Waals surface area contributed by atoms with Gasteiger partial charge in [-0.25, -0.2) is 14.6 Å². The standard InChI is InChI=1S/C23H28N6OS/c1-15-7-9-19(10-8-15)29-20(14-31-23-24-17(3)12-18(4)25-23)21(26-27-29)22(30)28-11-5-6-16(2)13-28/h7-10,12,16H,5-6,11,13-14H2,1-4H3. The molecule has 0 saturated carbocycles. The fourth-order valence-corrected chi connectivity index (χ4v) is 4.85. The number of carbonyl (C=O) groups is 1. The van der Waals surface area contributed by atoms with Crippen LogP contribution in [0.5, 0.6) is 0 Å². The van der Waals surface area contributed by atoms with Crippen molar-refractivity contribution in [3.8, 4) is 5.69 Å². The zero-order valence-corrected chi connectivity index (χ0v) is 19.3. The Hall–Kier alpha value is -2.74. The van der Waals surface area contributed by atoms with Crippen LogP contribution in [0.3, 0.4) is 0 Å². The molecule has 7 nitrogen and oxygen atoms in total. The number of aromatic nitrogens is 5. The number of carbonyl (C=O) groups excluding carboxylic acids is 1. The fourth-order valence-electron chi connectivity index (χ4n) is 3.91. The molecule has 3 aromatic rings. The molecular formula is C23H28N6OS. The molecule has 4 rings (SSSR count). The molecule has 3 heterocycles. The van der Waals surface area contributed by atoms with Crippen molar-refractivity contribution in [2.24, 2.45) is 5.92 Å². The molecule has 1 aliphatic heterocycles. The van der Waals surface area contributed by atoms with Crippen molar-refractivity contribution in [2.75, 3.05) is 13.1 Å². The van der Waals surface area contributed by atoms with E-state index in [2.05, 4.69) is 27.2 Å². The molecule has 1 amide bonds. The number of hydrogen-bond donors (Lipinski definition) is 0. The van der Waals surface area contributed by atoms with E-state index >= 15 is 0 Å². The highest BCUT2D eigenvalue weighted by atomic mass is 32.2. The van der Waals surface area contributed by atoms with E-state index in [1.807, 2.05) is 56.0 Å². The first kappa shape index (κ1) is 21.5. The third kappa shape index (κ3) is 4.95. The molecule has 1 unspecified atom stereocenters. The minimum absolute atomic E-state index is 0.0400. The first-order valence-corrected chi connectivity index (χ1v) is 11.6. The van der Waals surface area contributed by atoms with Gasteiger partial charge in [0.15, 0.2) is 10.9 Å². The summed E-state index contributed by atoms with van der Waals surface area (Å²) in [5.41, 5.74) is 5.12. The summed E-state index contributed by atoms with van der Waals surface area (Å²) in [6.45, 7) is 9.70. The Labute approximate surface area is 187 Å². The fraction of sp³-hybridized carbons (Fsp3) is 0.435. The van der Waals surface area contributed by atoms with Gasteiger partial charge in [-0.3, -0.25) is 4.79 Å². The number of aryl methyl sites for hydroxylation is 3. The maximum Gasteiger partial charge on any atom is 0.276 e.